The Morgan fingerprint density at radius 1 is 1.03 bits per heavy atom. The summed E-state index contributed by atoms with van der Waals surface area (Å²) >= 11 is 1.08. The average molecular weight is 446 g/mol. The molecule has 6 nitrogen and oxygen atoms in total. The molecule has 0 aliphatic carbocycles. The molecule has 2 aromatic carbocycles. The molecular weight excluding hydrogens is 418 g/mol. The highest BCUT2D eigenvalue weighted by atomic mass is 32.2. The summed E-state index contributed by atoms with van der Waals surface area (Å²) in [5.41, 5.74) is 2.92. The van der Waals surface area contributed by atoms with E-state index in [2.05, 4.69) is 21.8 Å². The van der Waals surface area contributed by atoms with Crippen LogP contribution >= 0.6 is 11.3 Å². The van der Waals surface area contributed by atoms with Crippen molar-refractivity contribution in [2.75, 3.05) is 13.1 Å². The monoisotopic (exact) mass is 445 g/mol. The van der Waals surface area contributed by atoms with Crippen LogP contribution in [0.15, 0.2) is 52.2 Å². The van der Waals surface area contributed by atoms with Gasteiger partial charge in [0, 0.05) is 19.6 Å². The van der Waals surface area contributed by atoms with Gasteiger partial charge in [-0.2, -0.15) is 0 Å². The van der Waals surface area contributed by atoms with E-state index in [0.717, 1.165) is 42.1 Å². The summed E-state index contributed by atoms with van der Waals surface area (Å²) in [5, 5.41) is 0. The lowest BCUT2D eigenvalue weighted by atomic mass is 10.1. The molecule has 1 N–H and O–H groups in total. The van der Waals surface area contributed by atoms with Crippen LogP contribution in [0.5, 0.6) is 0 Å². The average Bonchev–Trinajstić information content (AvgIpc) is 3.07. The largest absolute Gasteiger partial charge is 0.308 e. The maximum Gasteiger partial charge on any atom is 0.308 e. The maximum atomic E-state index is 12.8. The molecule has 0 bridgehead atoms. The Bertz CT molecular complexity index is 1190. The van der Waals surface area contributed by atoms with E-state index in [-0.39, 0.29) is 16.3 Å². The molecule has 8 heteroatoms. The second kappa shape index (κ2) is 9.01. The van der Waals surface area contributed by atoms with Crippen molar-refractivity contribution >= 4 is 31.6 Å². The number of nitrogens with zero attached hydrogens (tertiary/aromatic N) is 2. The Morgan fingerprint density at radius 2 is 1.80 bits per heavy atom. The van der Waals surface area contributed by atoms with E-state index >= 15 is 0 Å². The van der Waals surface area contributed by atoms with E-state index in [9.17, 15) is 13.2 Å². The normalized spacial score (nSPS) is 15.6. The van der Waals surface area contributed by atoms with Gasteiger partial charge >= 0.3 is 4.87 Å². The van der Waals surface area contributed by atoms with Crippen molar-refractivity contribution < 1.29 is 8.42 Å². The zero-order chi connectivity index (χ0) is 21.1. The molecule has 30 heavy (non-hydrogen) atoms. The highest BCUT2D eigenvalue weighted by Crippen LogP contribution is 2.22. The van der Waals surface area contributed by atoms with E-state index < -0.39 is 10.0 Å². The van der Waals surface area contributed by atoms with Gasteiger partial charge in [-0.05, 0) is 62.2 Å². The van der Waals surface area contributed by atoms with Gasteiger partial charge in [0.1, 0.15) is 0 Å². The number of piperidine rings is 1. The number of hydrogen-bond acceptors (Lipinski definition) is 5. The third-order valence-corrected chi connectivity index (χ3v) is 7.92. The lowest BCUT2D eigenvalue weighted by molar-refractivity contribution is 0.221. The van der Waals surface area contributed by atoms with Crippen molar-refractivity contribution in [3.05, 3.63) is 63.3 Å². The fraction of sp³-hybridized carbons (Fsp3) is 0.409. The first-order valence-electron chi connectivity index (χ1n) is 10.4. The van der Waals surface area contributed by atoms with Gasteiger partial charge in [-0.1, -0.05) is 42.0 Å². The molecular formula is C22H27N3O3S2. The summed E-state index contributed by atoms with van der Waals surface area (Å²) in [6, 6.07) is 13.0. The van der Waals surface area contributed by atoms with Crippen molar-refractivity contribution in [1.82, 2.24) is 14.2 Å². The standard InChI is InChI=1S/C22H27N3O3S2/c1-2-25-20-10-9-19(14-21(20)29-22(25)26)30(27,28)23-15-17-7-6-8-18(13-17)16-24-11-4-3-5-12-24/h6-10,13-14,23H,2-5,11-12,15-16H2,1H3. The summed E-state index contributed by atoms with van der Waals surface area (Å²) in [7, 11) is -3.67. The van der Waals surface area contributed by atoms with Crippen molar-refractivity contribution in [2.24, 2.45) is 0 Å². The Hall–Kier alpha value is -2.00. The molecule has 3 aromatic rings. The number of aryl methyl sites for hydroxylation is 1. The van der Waals surface area contributed by atoms with E-state index in [1.54, 1.807) is 22.8 Å². The summed E-state index contributed by atoms with van der Waals surface area (Å²) in [6.07, 6.45) is 3.81. The van der Waals surface area contributed by atoms with Gasteiger partial charge in [-0.15, -0.1) is 0 Å². The Morgan fingerprint density at radius 3 is 2.57 bits per heavy atom. The fourth-order valence-electron chi connectivity index (χ4n) is 3.99. The van der Waals surface area contributed by atoms with Gasteiger partial charge in [0.05, 0.1) is 15.1 Å². The van der Waals surface area contributed by atoms with Crippen molar-refractivity contribution in [3.63, 3.8) is 0 Å². The number of benzene rings is 2. The highest BCUT2D eigenvalue weighted by molar-refractivity contribution is 7.89. The molecule has 1 saturated heterocycles. The minimum absolute atomic E-state index is 0.0690. The van der Waals surface area contributed by atoms with Gasteiger partial charge < -0.3 is 0 Å². The number of nitrogens with one attached hydrogen (secondary N) is 1. The fourth-order valence-corrected chi connectivity index (χ4v) is 6.10. The lowest BCUT2D eigenvalue weighted by Gasteiger charge is -2.26. The molecule has 2 heterocycles. The van der Waals surface area contributed by atoms with Gasteiger partial charge in [-0.3, -0.25) is 14.3 Å². The van der Waals surface area contributed by atoms with Crippen molar-refractivity contribution in [3.8, 4) is 0 Å². The second-order valence-electron chi connectivity index (χ2n) is 7.72. The molecule has 0 amide bonds. The third kappa shape index (κ3) is 4.67. The van der Waals surface area contributed by atoms with Gasteiger partial charge in [0.2, 0.25) is 10.0 Å². The van der Waals surface area contributed by atoms with Crippen LogP contribution in [0.3, 0.4) is 0 Å². The topological polar surface area (TPSA) is 71.4 Å². The molecule has 160 valence electrons. The van der Waals surface area contributed by atoms with Crippen LogP contribution in [0, 0.1) is 0 Å². The van der Waals surface area contributed by atoms with Gasteiger partial charge in [0.15, 0.2) is 0 Å². The minimum Gasteiger partial charge on any atom is -0.299 e. The lowest BCUT2D eigenvalue weighted by Crippen LogP contribution is -2.29. The minimum atomic E-state index is -3.67. The smallest absolute Gasteiger partial charge is 0.299 e. The maximum absolute atomic E-state index is 12.8. The van der Waals surface area contributed by atoms with Crippen LogP contribution < -0.4 is 9.60 Å². The molecule has 0 spiro atoms. The van der Waals surface area contributed by atoms with E-state index in [1.165, 1.54) is 24.8 Å². The molecule has 4 rings (SSSR count). The van der Waals surface area contributed by atoms with Crippen molar-refractivity contribution in [2.45, 2.75) is 50.7 Å². The molecule has 0 radical (unpaired) electrons. The highest BCUT2D eigenvalue weighted by Gasteiger charge is 2.17. The van der Waals surface area contributed by atoms with Crippen LogP contribution in [0.4, 0.5) is 0 Å². The van der Waals surface area contributed by atoms with Crippen LogP contribution in [0.2, 0.25) is 0 Å². The van der Waals surface area contributed by atoms with Crippen LogP contribution in [-0.2, 0) is 29.7 Å². The predicted octanol–water partition coefficient (Wildman–Crippen LogP) is 3.55. The predicted molar refractivity (Wildman–Crippen MR) is 121 cm³/mol. The third-order valence-electron chi connectivity index (χ3n) is 5.58. The van der Waals surface area contributed by atoms with Crippen LogP contribution in [0.25, 0.3) is 10.2 Å². The SMILES string of the molecule is CCn1c(=O)sc2cc(S(=O)(=O)NCc3cccc(CN4CCCCC4)c3)ccc21. The Balaban J connectivity index is 1.47. The second-order valence-corrected chi connectivity index (χ2v) is 10.5. The summed E-state index contributed by atoms with van der Waals surface area (Å²) in [6.45, 7) is 5.87. The van der Waals surface area contributed by atoms with Crippen LogP contribution in [0.1, 0.15) is 37.3 Å². The van der Waals surface area contributed by atoms with Gasteiger partial charge in [0.25, 0.3) is 0 Å². The molecule has 1 fully saturated rings. The molecule has 1 aromatic heterocycles. The Kier molecular flexibility index (Phi) is 6.38. The zero-order valence-corrected chi connectivity index (χ0v) is 18.8. The summed E-state index contributed by atoms with van der Waals surface area (Å²) in [4.78, 5) is 14.6. The number of likely N-dealkylation sites (tertiary alicyclic amines) is 1. The number of hydrogen-bond donors (Lipinski definition) is 1. The van der Waals surface area contributed by atoms with Crippen molar-refractivity contribution in [1.29, 1.82) is 0 Å². The van der Waals surface area contributed by atoms with E-state index in [4.69, 9.17) is 0 Å². The molecule has 0 unspecified atom stereocenters. The molecule has 0 atom stereocenters. The number of rotatable bonds is 7. The Labute approximate surface area is 181 Å². The molecule has 0 saturated carbocycles. The van der Waals surface area contributed by atoms with Gasteiger partial charge in [-0.25, -0.2) is 13.1 Å². The first kappa shape index (κ1) is 21.2. The zero-order valence-electron chi connectivity index (χ0n) is 17.1. The number of sulfonamides is 1. The first-order valence-corrected chi connectivity index (χ1v) is 12.7. The number of thiazole rings is 1. The molecule has 1 aliphatic heterocycles. The molecule has 1 aliphatic rings. The quantitative estimate of drug-likeness (QED) is 0.604. The van der Waals surface area contributed by atoms with E-state index in [0.29, 0.717) is 11.2 Å². The number of aromatic nitrogens is 1. The van der Waals surface area contributed by atoms with Crippen LogP contribution in [-0.4, -0.2) is 31.0 Å². The summed E-state index contributed by atoms with van der Waals surface area (Å²) < 4.78 is 30.7. The first-order chi connectivity index (χ1) is 14.5. The number of fused-ring (bicyclic) bond motifs is 1. The summed E-state index contributed by atoms with van der Waals surface area (Å²) in [5.74, 6) is 0. The van der Waals surface area contributed by atoms with E-state index in [1.807, 2.05) is 19.1 Å².